The van der Waals surface area contributed by atoms with Gasteiger partial charge in [0.1, 0.15) is 35.7 Å². The van der Waals surface area contributed by atoms with Crippen molar-refractivity contribution in [2.75, 3.05) is 44.1 Å². The van der Waals surface area contributed by atoms with Crippen molar-refractivity contribution >= 4 is 33.5 Å². The standard InChI is InChI=1S/C36H32N6O8S/c1-4-50-30-14-8-6-12-27(30)36(28-21-40-29-13-7-5-11-26(28)29)34(43)42(35(44)45,51(46,47)32-16-15-25(48-2)18-31(32)49-3)22-24(20-38)41(36)33-23(19-37)10-9-17-39-33/h5-18,24,28,40H,4,21-22H2,1-3H3. The molecule has 2 aliphatic heterocycles. The summed E-state index contributed by atoms with van der Waals surface area (Å²) in [6.45, 7) is 0.658. The number of imide groups is 1. The Kier molecular flexibility index (Phi) is 9.03. The van der Waals surface area contributed by atoms with Crippen molar-refractivity contribution in [2.45, 2.75) is 29.3 Å². The number of nitrogens with zero attached hydrogens (tertiary/aromatic N) is 5. The van der Waals surface area contributed by atoms with E-state index in [1.807, 2.05) is 0 Å². The Bertz CT molecular complexity index is 2230. The Labute approximate surface area is 294 Å². The minimum Gasteiger partial charge on any atom is -0.497 e. The highest BCUT2D eigenvalue weighted by Gasteiger charge is 2.73. The number of benzene rings is 3. The van der Waals surface area contributed by atoms with Crippen LogP contribution in [-0.4, -0.2) is 69.2 Å². The third-order valence-corrected chi connectivity index (χ3v) is 11.5. The van der Waals surface area contributed by atoms with E-state index in [-0.39, 0.29) is 47.3 Å². The van der Waals surface area contributed by atoms with Gasteiger partial charge in [0.15, 0.2) is 16.5 Å². The van der Waals surface area contributed by atoms with Crippen molar-refractivity contribution in [3.63, 3.8) is 0 Å². The van der Waals surface area contributed by atoms with Gasteiger partial charge in [0.05, 0.1) is 32.5 Å². The number of ether oxygens (including phenoxy) is 3. The molecule has 1 aromatic heterocycles. The minimum absolute atomic E-state index is 0.0200. The predicted molar refractivity (Wildman–Crippen MR) is 180 cm³/mol. The lowest BCUT2D eigenvalue weighted by Crippen LogP contribution is -2.81. The lowest BCUT2D eigenvalue weighted by atomic mass is 9.70. The fourth-order valence-corrected chi connectivity index (χ4v) is 9.07. The molecule has 1 saturated heterocycles. The number of piperazine rings is 1. The van der Waals surface area contributed by atoms with Crippen molar-refractivity contribution in [3.05, 3.63) is 102 Å². The first-order valence-corrected chi connectivity index (χ1v) is 17.2. The minimum atomic E-state index is -5.39. The quantitative estimate of drug-likeness (QED) is 0.249. The van der Waals surface area contributed by atoms with Gasteiger partial charge >= 0.3 is 15.9 Å². The van der Waals surface area contributed by atoms with Gasteiger partial charge in [-0.2, -0.15) is 18.9 Å². The fraction of sp³-hybridized carbons (Fsp3) is 0.250. The Balaban J connectivity index is 1.82. The Morgan fingerprint density at radius 2 is 1.80 bits per heavy atom. The van der Waals surface area contributed by atoms with Crippen LogP contribution in [0, 0.1) is 22.7 Å². The van der Waals surface area contributed by atoms with Crippen LogP contribution >= 0.6 is 0 Å². The number of quaternary nitrogens is 1. The molecular weight excluding hydrogens is 676 g/mol. The molecule has 0 radical (unpaired) electrons. The van der Waals surface area contributed by atoms with Gasteiger partial charge in [-0.05, 0) is 48.9 Å². The molecule has 4 atom stereocenters. The first-order chi connectivity index (χ1) is 24.6. The Morgan fingerprint density at radius 1 is 1.06 bits per heavy atom. The number of methoxy groups -OCH3 is 2. The summed E-state index contributed by atoms with van der Waals surface area (Å²) in [4.78, 5) is 35.0. The third-order valence-electron chi connectivity index (χ3n) is 9.35. The highest BCUT2D eigenvalue weighted by Crippen LogP contribution is 2.57. The van der Waals surface area contributed by atoms with Crippen LogP contribution in [0.3, 0.4) is 0 Å². The van der Waals surface area contributed by atoms with Gasteiger partial charge in [-0.1, -0.05) is 40.3 Å². The number of anilines is 2. The second kappa shape index (κ2) is 13.3. The van der Waals surface area contributed by atoms with Crippen LogP contribution < -0.4 is 29.5 Å². The number of nitrogens with one attached hydrogen (secondary N) is 1. The van der Waals surface area contributed by atoms with Gasteiger partial charge in [0, 0.05) is 36.0 Å². The molecule has 4 unspecified atom stereocenters. The van der Waals surface area contributed by atoms with E-state index in [4.69, 9.17) is 14.2 Å². The van der Waals surface area contributed by atoms with E-state index in [2.05, 4.69) is 22.4 Å². The molecule has 3 aromatic carbocycles. The van der Waals surface area contributed by atoms with E-state index in [0.717, 1.165) is 6.07 Å². The van der Waals surface area contributed by atoms with Gasteiger partial charge in [0.2, 0.25) is 0 Å². The second-order valence-electron chi connectivity index (χ2n) is 11.7. The van der Waals surface area contributed by atoms with Gasteiger partial charge in [-0.15, -0.1) is 0 Å². The zero-order chi connectivity index (χ0) is 36.6. The highest BCUT2D eigenvalue weighted by molar-refractivity contribution is 7.86. The molecule has 14 nitrogen and oxygen atoms in total. The molecule has 0 aliphatic carbocycles. The predicted octanol–water partition coefficient (Wildman–Crippen LogP) is 3.26. The summed E-state index contributed by atoms with van der Waals surface area (Å²) in [6, 6.07) is 22.3. The van der Waals surface area contributed by atoms with Crippen molar-refractivity contribution in [1.82, 2.24) is 4.98 Å². The van der Waals surface area contributed by atoms with Crippen LogP contribution in [-0.2, 0) is 20.4 Å². The number of sulfonamides is 1. The van der Waals surface area contributed by atoms with Crippen LogP contribution in [0.1, 0.15) is 29.5 Å². The number of hydrogen-bond donors (Lipinski definition) is 1. The van der Waals surface area contributed by atoms with E-state index >= 15 is 13.2 Å². The van der Waals surface area contributed by atoms with Crippen molar-refractivity contribution in [2.24, 2.45) is 0 Å². The first kappa shape index (κ1) is 34.7. The SMILES string of the molecule is CCOc1ccccc1C1(C2CNc3ccccc32)C(=O)[N+](C(=O)[O-])(S(=O)(=O)c2ccc(OC)cc2OC)CC(C#N)N1c1ncccc1C#N. The molecule has 15 heteroatoms. The number of amides is 2. The normalized spacial score (nSPS) is 22.5. The number of para-hydroxylation sites is 2. The number of carbonyl (C=O) groups is 2. The number of rotatable bonds is 9. The number of carboxylic acid groups (broad SMARTS) is 1. The highest BCUT2D eigenvalue weighted by atomic mass is 32.2. The molecule has 51 heavy (non-hydrogen) atoms. The Hall–Kier alpha value is -6.16. The maximum absolute atomic E-state index is 16.1. The largest absolute Gasteiger partial charge is 0.497 e. The van der Waals surface area contributed by atoms with Crippen molar-refractivity contribution < 1.29 is 41.2 Å². The average molecular weight is 709 g/mol. The van der Waals surface area contributed by atoms with E-state index in [1.54, 1.807) is 49.4 Å². The molecule has 1 fully saturated rings. The molecule has 1 N–H and O–H groups in total. The summed E-state index contributed by atoms with van der Waals surface area (Å²) in [5, 5.41) is 38.3. The number of aromatic nitrogens is 1. The summed E-state index contributed by atoms with van der Waals surface area (Å²) in [5.41, 5.74) is -1.29. The average Bonchev–Trinajstić information content (AvgIpc) is 3.59. The summed E-state index contributed by atoms with van der Waals surface area (Å²) >= 11 is 0. The van der Waals surface area contributed by atoms with Crippen LogP contribution in [0.5, 0.6) is 17.2 Å². The van der Waals surface area contributed by atoms with Crippen LogP contribution in [0.25, 0.3) is 0 Å². The van der Waals surface area contributed by atoms with Gasteiger partial charge in [-0.3, -0.25) is 0 Å². The fourth-order valence-electron chi connectivity index (χ4n) is 7.21. The van der Waals surface area contributed by atoms with Gasteiger partial charge in [-0.25, -0.2) is 9.78 Å². The maximum atomic E-state index is 16.1. The summed E-state index contributed by atoms with van der Waals surface area (Å²) in [6.07, 6.45) is -0.930. The lowest BCUT2D eigenvalue weighted by Gasteiger charge is -2.55. The molecule has 3 heterocycles. The molecule has 0 spiro atoms. The summed E-state index contributed by atoms with van der Waals surface area (Å²) < 4.78 is 44.6. The molecule has 2 aliphatic rings. The summed E-state index contributed by atoms with van der Waals surface area (Å²) in [7, 11) is -2.86. The van der Waals surface area contributed by atoms with E-state index in [0.29, 0.717) is 11.3 Å². The molecule has 6 rings (SSSR count). The number of nitriles is 2. The topological polar surface area (TPSA) is 195 Å². The summed E-state index contributed by atoms with van der Waals surface area (Å²) in [5.74, 6) is -2.60. The van der Waals surface area contributed by atoms with E-state index < -0.39 is 54.9 Å². The molecule has 2 amide bonds. The van der Waals surface area contributed by atoms with Crippen molar-refractivity contribution in [3.8, 4) is 29.4 Å². The number of hydrogen-bond acceptors (Lipinski definition) is 13. The molecule has 260 valence electrons. The monoisotopic (exact) mass is 708 g/mol. The number of carbonyl (C=O) groups excluding carboxylic acids is 2. The first-order valence-electron chi connectivity index (χ1n) is 15.8. The van der Waals surface area contributed by atoms with Crippen LogP contribution in [0.2, 0.25) is 0 Å². The molecule has 0 saturated carbocycles. The molecular formula is C36H32N6O8S. The lowest BCUT2D eigenvalue weighted by molar-refractivity contribution is -0.693. The van der Waals surface area contributed by atoms with Gasteiger partial charge in [0.25, 0.3) is 6.09 Å². The van der Waals surface area contributed by atoms with E-state index in [9.17, 15) is 20.4 Å². The smallest absolute Gasteiger partial charge is 0.366 e. The molecule has 4 aromatic rings. The van der Waals surface area contributed by atoms with Crippen LogP contribution in [0.4, 0.5) is 16.3 Å². The van der Waals surface area contributed by atoms with E-state index in [1.165, 1.54) is 55.6 Å². The zero-order valence-electron chi connectivity index (χ0n) is 27.8. The third kappa shape index (κ3) is 5.00. The Morgan fingerprint density at radius 3 is 2.49 bits per heavy atom. The second-order valence-corrected chi connectivity index (χ2v) is 13.7. The van der Waals surface area contributed by atoms with Gasteiger partial charge < -0.3 is 34.3 Å². The van der Waals surface area contributed by atoms with Crippen molar-refractivity contribution in [1.29, 1.82) is 10.5 Å². The maximum Gasteiger partial charge on any atom is 0.366 e. The number of pyridine rings is 1. The zero-order valence-corrected chi connectivity index (χ0v) is 28.6. The molecule has 0 bridgehead atoms. The van der Waals surface area contributed by atoms with Crippen LogP contribution in [0.15, 0.2) is 90.0 Å². The number of fused-ring (bicyclic) bond motifs is 1.